The monoisotopic (exact) mass is 190 g/mol. The number of nitrogens with zero attached hydrogens (tertiary/aromatic N) is 3. The van der Waals surface area contributed by atoms with E-state index in [1.807, 2.05) is 6.92 Å². The number of hydrogen-bond donors (Lipinski definition) is 1. The van der Waals surface area contributed by atoms with Gasteiger partial charge in [0.2, 0.25) is 5.89 Å². The average Bonchev–Trinajstić information content (AvgIpc) is 2.63. The van der Waals surface area contributed by atoms with Gasteiger partial charge in [0.05, 0.1) is 18.9 Å². The SMILES string of the molecule is Cc1cnc(CNc2cnccn2)o1. The number of anilines is 1. The van der Waals surface area contributed by atoms with E-state index in [4.69, 9.17) is 4.42 Å². The predicted molar refractivity (Wildman–Crippen MR) is 50.6 cm³/mol. The van der Waals surface area contributed by atoms with E-state index >= 15 is 0 Å². The van der Waals surface area contributed by atoms with Crippen molar-refractivity contribution in [1.82, 2.24) is 15.0 Å². The van der Waals surface area contributed by atoms with Gasteiger partial charge in [-0.15, -0.1) is 0 Å². The number of oxazole rings is 1. The highest BCUT2D eigenvalue weighted by Gasteiger charge is 1.99. The van der Waals surface area contributed by atoms with E-state index in [0.29, 0.717) is 18.3 Å². The molecule has 0 fully saturated rings. The summed E-state index contributed by atoms with van der Waals surface area (Å²) < 4.78 is 5.28. The molecule has 72 valence electrons. The van der Waals surface area contributed by atoms with E-state index in [0.717, 1.165) is 5.76 Å². The molecule has 0 amide bonds. The van der Waals surface area contributed by atoms with Crippen molar-refractivity contribution in [3.8, 4) is 0 Å². The van der Waals surface area contributed by atoms with Crippen molar-refractivity contribution in [2.75, 3.05) is 5.32 Å². The Bertz CT molecular complexity index is 398. The van der Waals surface area contributed by atoms with Crippen LogP contribution in [0.25, 0.3) is 0 Å². The van der Waals surface area contributed by atoms with Gasteiger partial charge in [0.25, 0.3) is 0 Å². The zero-order valence-corrected chi connectivity index (χ0v) is 7.77. The molecule has 0 aliphatic heterocycles. The molecule has 0 bridgehead atoms. The van der Waals surface area contributed by atoms with Crippen LogP contribution in [0, 0.1) is 6.92 Å². The minimum atomic E-state index is 0.520. The van der Waals surface area contributed by atoms with Crippen LogP contribution in [0.4, 0.5) is 5.82 Å². The van der Waals surface area contributed by atoms with Gasteiger partial charge in [-0.25, -0.2) is 9.97 Å². The average molecular weight is 190 g/mol. The fraction of sp³-hybridized carbons (Fsp3) is 0.222. The molecule has 0 radical (unpaired) electrons. The summed E-state index contributed by atoms with van der Waals surface area (Å²) in [5, 5.41) is 3.04. The number of aryl methyl sites for hydroxylation is 1. The molecular weight excluding hydrogens is 180 g/mol. The van der Waals surface area contributed by atoms with Gasteiger partial charge in [-0.05, 0) is 6.92 Å². The fourth-order valence-electron chi connectivity index (χ4n) is 1.04. The first-order chi connectivity index (χ1) is 6.84. The third-order valence-electron chi connectivity index (χ3n) is 1.65. The first-order valence-corrected chi connectivity index (χ1v) is 4.26. The molecule has 0 aliphatic carbocycles. The molecule has 5 nitrogen and oxygen atoms in total. The van der Waals surface area contributed by atoms with Crippen LogP contribution in [-0.2, 0) is 6.54 Å². The van der Waals surface area contributed by atoms with Gasteiger partial charge in [-0.1, -0.05) is 0 Å². The fourth-order valence-corrected chi connectivity index (χ4v) is 1.04. The highest BCUT2D eigenvalue weighted by atomic mass is 16.4. The zero-order chi connectivity index (χ0) is 9.80. The second kappa shape index (κ2) is 3.87. The summed E-state index contributed by atoms with van der Waals surface area (Å²) in [6.45, 7) is 2.38. The normalized spacial score (nSPS) is 10.1. The second-order valence-electron chi connectivity index (χ2n) is 2.81. The van der Waals surface area contributed by atoms with Gasteiger partial charge >= 0.3 is 0 Å². The lowest BCUT2D eigenvalue weighted by atomic mass is 10.6. The van der Waals surface area contributed by atoms with E-state index < -0.39 is 0 Å². The number of nitrogens with one attached hydrogen (secondary N) is 1. The molecule has 0 spiro atoms. The summed E-state index contributed by atoms with van der Waals surface area (Å²) in [5.41, 5.74) is 0. The Morgan fingerprint density at radius 3 is 2.86 bits per heavy atom. The lowest BCUT2D eigenvalue weighted by Gasteiger charge is -2.00. The molecule has 0 saturated carbocycles. The quantitative estimate of drug-likeness (QED) is 0.792. The highest BCUT2D eigenvalue weighted by Crippen LogP contribution is 2.04. The van der Waals surface area contributed by atoms with Gasteiger partial charge in [-0.2, -0.15) is 0 Å². The molecule has 0 atom stereocenters. The maximum absolute atomic E-state index is 5.28. The van der Waals surface area contributed by atoms with Gasteiger partial charge < -0.3 is 9.73 Å². The minimum Gasteiger partial charge on any atom is -0.444 e. The molecule has 0 unspecified atom stereocenters. The summed E-state index contributed by atoms with van der Waals surface area (Å²) in [5.74, 6) is 2.16. The number of rotatable bonds is 3. The highest BCUT2D eigenvalue weighted by molar-refractivity contribution is 5.29. The molecule has 0 aliphatic rings. The maximum Gasteiger partial charge on any atom is 0.213 e. The topological polar surface area (TPSA) is 63.8 Å². The summed E-state index contributed by atoms with van der Waals surface area (Å²) in [6, 6.07) is 0. The molecule has 1 N–H and O–H groups in total. The van der Waals surface area contributed by atoms with Crippen molar-refractivity contribution in [1.29, 1.82) is 0 Å². The van der Waals surface area contributed by atoms with Crippen LogP contribution in [0.1, 0.15) is 11.7 Å². The standard InChI is InChI=1S/C9H10N4O/c1-7-4-13-9(14-7)6-12-8-5-10-2-3-11-8/h2-5H,6H2,1H3,(H,11,12). The molecule has 2 rings (SSSR count). The Labute approximate surface area is 81.2 Å². The van der Waals surface area contributed by atoms with E-state index in [9.17, 15) is 0 Å². The Morgan fingerprint density at radius 2 is 2.21 bits per heavy atom. The van der Waals surface area contributed by atoms with Gasteiger partial charge in [0.15, 0.2) is 0 Å². The predicted octanol–water partition coefficient (Wildman–Crippen LogP) is 1.39. The summed E-state index contributed by atoms with van der Waals surface area (Å²) >= 11 is 0. The molecule has 2 aromatic heterocycles. The number of hydrogen-bond acceptors (Lipinski definition) is 5. The summed E-state index contributed by atoms with van der Waals surface area (Å²) in [7, 11) is 0. The lowest BCUT2D eigenvalue weighted by molar-refractivity contribution is 0.479. The lowest BCUT2D eigenvalue weighted by Crippen LogP contribution is -2.01. The first kappa shape index (κ1) is 8.68. The molecule has 0 aromatic carbocycles. The number of aromatic nitrogens is 3. The maximum atomic E-state index is 5.28. The van der Waals surface area contributed by atoms with E-state index in [1.165, 1.54) is 0 Å². The Kier molecular flexibility index (Phi) is 2.40. The first-order valence-electron chi connectivity index (χ1n) is 4.26. The van der Waals surface area contributed by atoms with Crippen LogP contribution in [0.2, 0.25) is 0 Å². The van der Waals surface area contributed by atoms with Gasteiger partial charge in [0.1, 0.15) is 11.6 Å². The van der Waals surface area contributed by atoms with Crippen molar-refractivity contribution in [3.63, 3.8) is 0 Å². The van der Waals surface area contributed by atoms with Crippen LogP contribution in [0.5, 0.6) is 0 Å². The van der Waals surface area contributed by atoms with E-state index in [2.05, 4.69) is 20.3 Å². The smallest absolute Gasteiger partial charge is 0.213 e. The third kappa shape index (κ3) is 2.07. The Balaban J connectivity index is 1.95. The molecule has 2 aromatic rings. The van der Waals surface area contributed by atoms with Crippen molar-refractivity contribution in [2.24, 2.45) is 0 Å². The van der Waals surface area contributed by atoms with Crippen LogP contribution in [0.15, 0.2) is 29.2 Å². The van der Waals surface area contributed by atoms with Gasteiger partial charge in [0, 0.05) is 12.4 Å². The van der Waals surface area contributed by atoms with Crippen molar-refractivity contribution in [2.45, 2.75) is 13.5 Å². The van der Waals surface area contributed by atoms with Crippen LogP contribution < -0.4 is 5.32 Å². The van der Waals surface area contributed by atoms with Crippen molar-refractivity contribution >= 4 is 5.82 Å². The minimum absolute atomic E-state index is 0.520. The summed E-state index contributed by atoms with van der Waals surface area (Å²) in [4.78, 5) is 12.0. The van der Waals surface area contributed by atoms with Crippen LogP contribution in [0.3, 0.4) is 0 Å². The molecule has 0 saturated heterocycles. The van der Waals surface area contributed by atoms with E-state index in [-0.39, 0.29) is 0 Å². The molecule has 14 heavy (non-hydrogen) atoms. The molecule has 2 heterocycles. The van der Waals surface area contributed by atoms with Crippen molar-refractivity contribution < 1.29 is 4.42 Å². The molecule has 5 heteroatoms. The van der Waals surface area contributed by atoms with Crippen LogP contribution >= 0.6 is 0 Å². The Morgan fingerprint density at radius 1 is 1.29 bits per heavy atom. The van der Waals surface area contributed by atoms with Crippen LogP contribution in [-0.4, -0.2) is 15.0 Å². The van der Waals surface area contributed by atoms with Gasteiger partial charge in [-0.3, -0.25) is 4.98 Å². The van der Waals surface area contributed by atoms with Crippen molar-refractivity contribution in [3.05, 3.63) is 36.4 Å². The Hall–Kier alpha value is -1.91. The largest absolute Gasteiger partial charge is 0.444 e. The second-order valence-corrected chi connectivity index (χ2v) is 2.81. The zero-order valence-electron chi connectivity index (χ0n) is 7.77. The van der Waals surface area contributed by atoms with E-state index in [1.54, 1.807) is 24.8 Å². The summed E-state index contributed by atoms with van der Waals surface area (Å²) in [6.07, 6.45) is 6.59. The molecular formula is C9H10N4O. The third-order valence-corrected chi connectivity index (χ3v) is 1.65.